The monoisotopic (exact) mass is 362 g/mol. The molecule has 2 rings (SSSR count). The molecule has 3 nitrogen and oxygen atoms in total. The molecule has 0 spiro atoms. The van der Waals surface area contributed by atoms with Crippen LogP contribution in [0.4, 0.5) is 18.9 Å². The maximum absolute atomic E-state index is 13.0. The van der Waals surface area contributed by atoms with E-state index in [-0.39, 0.29) is 23.3 Å². The van der Waals surface area contributed by atoms with Crippen LogP contribution in [-0.2, 0) is 11.0 Å². The summed E-state index contributed by atoms with van der Waals surface area (Å²) in [6.07, 6.45) is -1.33. The molecular formula is C17H22ClF3N2O. The van der Waals surface area contributed by atoms with Crippen LogP contribution in [0.2, 0.25) is 5.02 Å². The topological polar surface area (TPSA) is 41.1 Å². The maximum Gasteiger partial charge on any atom is 0.418 e. The standard InChI is InChI=1S/C17H22ClF3N2O/c1-10-4-3-5-14(11(10)2)22-9-16(24)23-15-7-6-12(18)8-13(15)17(19,20)21/h6-8,10-11,14,22H,3-5,9H2,1-2H3,(H,23,24). The lowest BCUT2D eigenvalue weighted by atomic mass is 9.78. The van der Waals surface area contributed by atoms with Crippen LogP contribution in [0.25, 0.3) is 0 Å². The molecule has 0 bridgehead atoms. The Bertz CT molecular complexity index is 592. The Morgan fingerprint density at radius 2 is 2.00 bits per heavy atom. The van der Waals surface area contributed by atoms with E-state index in [0.717, 1.165) is 18.9 Å². The fourth-order valence-corrected chi connectivity index (χ4v) is 3.32. The minimum atomic E-state index is -4.58. The average molecular weight is 363 g/mol. The summed E-state index contributed by atoms with van der Waals surface area (Å²) in [6, 6.07) is 3.53. The van der Waals surface area contributed by atoms with Crippen LogP contribution in [0.15, 0.2) is 18.2 Å². The third-order valence-corrected chi connectivity index (χ3v) is 5.03. The minimum Gasteiger partial charge on any atom is -0.324 e. The smallest absolute Gasteiger partial charge is 0.324 e. The second-order valence-electron chi connectivity index (χ2n) is 6.49. The van der Waals surface area contributed by atoms with Crippen LogP contribution < -0.4 is 10.6 Å². The molecule has 1 aliphatic rings. The van der Waals surface area contributed by atoms with Gasteiger partial charge in [-0.25, -0.2) is 0 Å². The third-order valence-electron chi connectivity index (χ3n) is 4.79. The van der Waals surface area contributed by atoms with Gasteiger partial charge in [-0.15, -0.1) is 0 Å². The van der Waals surface area contributed by atoms with Gasteiger partial charge in [-0.1, -0.05) is 38.3 Å². The molecule has 0 heterocycles. The predicted molar refractivity (Wildman–Crippen MR) is 89.1 cm³/mol. The lowest BCUT2D eigenvalue weighted by Gasteiger charge is -2.34. The highest BCUT2D eigenvalue weighted by Crippen LogP contribution is 2.36. The highest BCUT2D eigenvalue weighted by Gasteiger charge is 2.34. The Morgan fingerprint density at radius 3 is 2.67 bits per heavy atom. The van der Waals surface area contributed by atoms with Crippen molar-refractivity contribution in [2.45, 2.75) is 45.3 Å². The van der Waals surface area contributed by atoms with E-state index in [4.69, 9.17) is 11.6 Å². The summed E-state index contributed by atoms with van der Waals surface area (Å²) >= 11 is 5.63. The van der Waals surface area contributed by atoms with Crippen LogP contribution in [0.3, 0.4) is 0 Å². The van der Waals surface area contributed by atoms with Crippen LogP contribution >= 0.6 is 11.6 Å². The Morgan fingerprint density at radius 1 is 1.29 bits per heavy atom. The van der Waals surface area contributed by atoms with Crippen molar-refractivity contribution in [3.05, 3.63) is 28.8 Å². The van der Waals surface area contributed by atoms with Gasteiger partial charge in [-0.3, -0.25) is 4.79 Å². The molecule has 1 fully saturated rings. The molecule has 1 aromatic rings. The highest BCUT2D eigenvalue weighted by atomic mass is 35.5. The number of nitrogens with one attached hydrogen (secondary N) is 2. The van der Waals surface area contributed by atoms with E-state index >= 15 is 0 Å². The zero-order valence-electron chi connectivity index (χ0n) is 13.7. The summed E-state index contributed by atoms with van der Waals surface area (Å²) in [5, 5.41) is 5.48. The van der Waals surface area contributed by atoms with E-state index in [1.807, 2.05) is 0 Å². The molecule has 3 unspecified atom stereocenters. The third kappa shape index (κ3) is 4.86. The Labute approximate surface area is 145 Å². The van der Waals surface area contributed by atoms with Gasteiger partial charge in [0.25, 0.3) is 0 Å². The molecule has 0 aliphatic heterocycles. The number of carbonyl (C=O) groups excluding carboxylic acids is 1. The zero-order chi connectivity index (χ0) is 17.9. The fourth-order valence-electron chi connectivity index (χ4n) is 3.15. The van der Waals surface area contributed by atoms with Crippen molar-refractivity contribution >= 4 is 23.2 Å². The summed E-state index contributed by atoms with van der Waals surface area (Å²) in [7, 11) is 0. The van der Waals surface area contributed by atoms with E-state index in [1.54, 1.807) is 0 Å². The van der Waals surface area contributed by atoms with Gasteiger partial charge in [0, 0.05) is 11.1 Å². The van der Waals surface area contributed by atoms with Gasteiger partial charge in [-0.2, -0.15) is 13.2 Å². The molecule has 0 aromatic heterocycles. The number of anilines is 1. The van der Waals surface area contributed by atoms with Crippen LogP contribution in [-0.4, -0.2) is 18.5 Å². The van der Waals surface area contributed by atoms with Gasteiger partial charge in [0.15, 0.2) is 0 Å². The SMILES string of the molecule is CC1CCCC(NCC(=O)Nc2ccc(Cl)cc2C(F)(F)F)C1C. The van der Waals surface area contributed by atoms with Crippen LogP contribution in [0.1, 0.15) is 38.7 Å². The molecule has 1 amide bonds. The number of alkyl halides is 3. The Kier molecular flexibility index (Phi) is 6.15. The summed E-state index contributed by atoms with van der Waals surface area (Å²) in [5.74, 6) is 0.522. The lowest BCUT2D eigenvalue weighted by Crippen LogP contribution is -2.43. The van der Waals surface area contributed by atoms with Crippen LogP contribution in [0, 0.1) is 11.8 Å². The first-order valence-electron chi connectivity index (χ1n) is 8.08. The molecule has 7 heteroatoms. The van der Waals surface area contributed by atoms with Gasteiger partial charge in [-0.05, 0) is 36.5 Å². The Hall–Kier alpha value is -1.27. The fraction of sp³-hybridized carbons (Fsp3) is 0.588. The second kappa shape index (κ2) is 7.74. The van der Waals surface area contributed by atoms with Gasteiger partial charge >= 0.3 is 6.18 Å². The molecule has 1 saturated carbocycles. The molecule has 134 valence electrons. The van der Waals surface area contributed by atoms with E-state index in [1.165, 1.54) is 18.6 Å². The molecular weight excluding hydrogens is 341 g/mol. The van der Waals surface area contributed by atoms with Crippen molar-refractivity contribution in [2.75, 3.05) is 11.9 Å². The number of hydrogen-bond acceptors (Lipinski definition) is 2. The molecule has 2 N–H and O–H groups in total. The van der Waals surface area contributed by atoms with Crippen molar-refractivity contribution in [3.63, 3.8) is 0 Å². The molecule has 1 aromatic carbocycles. The number of amides is 1. The largest absolute Gasteiger partial charge is 0.418 e. The molecule has 1 aliphatic carbocycles. The van der Waals surface area contributed by atoms with Gasteiger partial charge in [0.2, 0.25) is 5.91 Å². The summed E-state index contributed by atoms with van der Waals surface area (Å²) in [5.41, 5.74) is -1.22. The van der Waals surface area contributed by atoms with E-state index in [9.17, 15) is 18.0 Å². The molecule has 0 radical (unpaired) electrons. The minimum absolute atomic E-state index is 0.0123. The van der Waals surface area contributed by atoms with Crippen molar-refractivity contribution in [1.29, 1.82) is 0 Å². The summed E-state index contributed by atoms with van der Waals surface area (Å²) in [6.45, 7) is 4.31. The van der Waals surface area contributed by atoms with E-state index in [2.05, 4.69) is 24.5 Å². The summed E-state index contributed by atoms with van der Waals surface area (Å²) < 4.78 is 39.1. The number of hydrogen-bond donors (Lipinski definition) is 2. The summed E-state index contributed by atoms with van der Waals surface area (Å²) in [4.78, 5) is 12.0. The number of halogens is 4. The number of carbonyl (C=O) groups is 1. The second-order valence-corrected chi connectivity index (χ2v) is 6.93. The first kappa shape index (κ1) is 19.1. The zero-order valence-corrected chi connectivity index (χ0v) is 14.5. The highest BCUT2D eigenvalue weighted by molar-refractivity contribution is 6.30. The Balaban J connectivity index is 1.98. The average Bonchev–Trinajstić information content (AvgIpc) is 2.49. The van der Waals surface area contributed by atoms with Crippen molar-refractivity contribution in [3.8, 4) is 0 Å². The molecule has 0 saturated heterocycles. The normalized spacial score (nSPS) is 24.7. The quantitative estimate of drug-likeness (QED) is 0.814. The number of rotatable bonds is 4. The number of benzene rings is 1. The van der Waals surface area contributed by atoms with Crippen molar-refractivity contribution in [2.24, 2.45) is 11.8 Å². The van der Waals surface area contributed by atoms with E-state index < -0.39 is 17.6 Å². The van der Waals surface area contributed by atoms with Gasteiger partial charge in [0.05, 0.1) is 17.8 Å². The first-order chi connectivity index (χ1) is 11.2. The van der Waals surface area contributed by atoms with Crippen molar-refractivity contribution in [1.82, 2.24) is 5.32 Å². The van der Waals surface area contributed by atoms with Crippen molar-refractivity contribution < 1.29 is 18.0 Å². The predicted octanol–water partition coefficient (Wildman–Crippen LogP) is 4.71. The molecule has 3 atom stereocenters. The molecule has 24 heavy (non-hydrogen) atoms. The van der Waals surface area contributed by atoms with Crippen LogP contribution in [0.5, 0.6) is 0 Å². The maximum atomic E-state index is 13.0. The van der Waals surface area contributed by atoms with Gasteiger partial charge < -0.3 is 10.6 Å². The van der Waals surface area contributed by atoms with Gasteiger partial charge in [0.1, 0.15) is 0 Å². The lowest BCUT2D eigenvalue weighted by molar-refractivity contribution is -0.137. The first-order valence-corrected chi connectivity index (χ1v) is 8.46. The van der Waals surface area contributed by atoms with E-state index in [0.29, 0.717) is 11.8 Å².